The number of nitrogens with one attached hydrogen (secondary N) is 1. The SMILES string of the molecule is Cc1cc(NC(=O)c2sc(-c3ccccn3)nc2C)ccc1-n1cnnn1. The number of aromatic nitrogens is 6. The Kier molecular flexibility index (Phi) is 4.43. The zero-order valence-corrected chi connectivity index (χ0v) is 15.4. The highest BCUT2D eigenvalue weighted by atomic mass is 32.1. The highest BCUT2D eigenvalue weighted by molar-refractivity contribution is 7.17. The molecular weight excluding hydrogens is 362 g/mol. The molecule has 0 aliphatic heterocycles. The zero-order chi connectivity index (χ0) is 18.8. The first-order chi connectivity index (χ1) is 13.1. The van der Waals surface area contributed by atoms with Crippen LogP contribution in [0.4, 0.5) is 5.69 Å². The van der Waals surface area contributed by atoms with E-state index in [1.54, 1.807) is 10.9 Å². The van der Waals surface area contributed by atoms with Gasteiger partial charge in [0, 0.05) is 11.9 Å². The number of pyridine rings is 1. The van der Waals surface area contributed by atoms with Crippen molar-refractivity contribution in [2.24, 2.45) is 0 Å². The molecule has 3 heterocycles. The molecule has 0 fully saturated rings. The molecule has 0 saturated carbocycles. The molecule has 0 bridgehead atoms. The molecule has 1 N–H and O–H groups in total. The Morgan fingerprint density at radius 3 is 2.78 bits per heavy atom. The highest BCUT2D eigenvalue weighted by Crippen LogP contribution is 2.27. The summed E-state index contributed by atoms with van der Waals surface area (Å²) in [4.78, 5) is 22.0. The number of hydrogen-bond acceptors (Lipinski definition) is 7. The summed E-state index contributed by atoms with van der Waals surface area (Å²) in [5.74, 6) is -0.193. The van der Waals surface area contributed by atoms with E-state index in [9.17, 15) is 4.79 Å². The van der Waals surface area contributed by atoms with Gasteiger partial charge in [-0.3, -0.25) is 9.78 Å². The number of amides is 1. The third-order valence-corrected chi connectivity index (χ3v) is 5.12. The lowest BCUT2D eigenvalue weighted by molar-refractivity contribution is 0.103. The van der Waals surface area contributed by atoms with Gasteiger partial charge in [0.05, 0.1) is 17.1 Å². The van der Waals surface area contributed by atoms with E-state index in [0.29, 0.717) is 16.3 Å². The normalized spacial score (nSPS) is 10.7. The van der Waals surface area contributed by atoms with Crippen LogP contribution in [0.3, 0.4) is 0 Å². The van der Waals surface area contributed by atoms with Gasteiger partial charge >= 0.3 is 0 Å². The number of rotatable bonds is 4. The molecule has 0 saturated heterocycles. The average Bonchev–Trinajstić information content (AvgIpc) is 3.32. The van der Waals surface area contributed by atoms with E-state index in [1.165, 1.54) is 17.7 Å². The number of tetrazole rings is 1. The molecule has 134 valence electrons. The molecule has 0 radical (unpaired) electrons. The van der Waals surface area contributed by atoms with Crippen LogP contribution in [0, 0.1) is 13.8 Å². The monoisotopic (exact) mass is 377 g/mol. The van der Waals surface area contributed by atoms with Crippen molar-refractivity contribution in [3.05, 3.63) is 65.1 Å². The minimum absolute atomic E-state index is 0.193. The number of anilines is 1. The van der Waals surface area contributed by atoms with Crippen LogP contribution >= 0.6 is 11.3 Å². The van der Waals surface area contributed by atoms with Crippen LogP contribution in [0.25, 0.3) is 16.4 Å². The van der Waals surface area contributed by atoms with Crippen LogP contribution in [0.5, 0.6) is 0 Å². The lowest BCUT2D eigenvalue weighted by Gasteiger charge is -2.08. The van der Waals surface area contributed by atoms with Crippen LogP contribution in [0.2, 0.25) is 0 Å². The third kappa shape index (κ3) is 3.44. The number of carbonyl (C=O) groups excluding carboxylic acids is 1. The number of carbonyl (C=O) groups is 1. The standard InChI is InChI=1S/C18H15N7OS/c1-11-9-13(6-7-15(11)25-10-20-23-24-25)22-17(26)16-12(2)21-18(27-16)14-5-3-4-8-19-14/h3-10H,1-2H3,(H,22,26). The maximum atomic E-state index is 12.7. The van der Waals surface area contributed by atoms with E-state index < -0.39 is 0 Å². The summed E-state index contributed by atoms with van der Waals surface area (Å²) < 4.78 is 1.58. The lowest BCUT2D eigenvalue weighted by Crippen LogP contribution is -2.12. The Hall–Kier alpha value is -3.46. The molecule has 0 atom stereocenters. The fourth-order valence-electron chi connectivity index (χ4n) is 2.66. The molecule has 0 aliphatic carbocycles. The van der Waals surface area contributed by atoms with Crippen LogP contribution in [-0.2, 0) is 0 Å². The Labute approximate surface area is 158 Å². The molecule has 27 heavy (non-hydrogen) atoms. The Morgan fingerprint density at radius 1 is 1.19 bits per heavy atom. The topological polar surface area (TPSA) is 98.5 Å². The Morgan fingerprint density at radius 2 is 2.07 bits per heavy atom. The molecule has 3 aromatic heterocycles. The molecule has 9 heteroatoms. The Balaban J connectivity index is 1.56. The van der Waals surface area contributed by atoms with Gasteiger partial charge in [0.1, 0.15) is 16.2 Å². The van der Waals surface area contributed by atoms with E-state index in [1.807, 2.05) is 50.2 Å². The van der Waals surface area contributed by atoms with Crippen molar-refractivity contribution in [1.29, 1.82) is 0 Å². The molecule has 0 aliphatic rings. The summed E-state index contributed by atoms with van der Waals surface area (Å²) in [6.07, 6.45) is 3.24. The number of nitrogens with zero attached hydrogens (tertiary/aromatic N) is 6. The van der Waals surface area contributed by atoms with Gasteiger partial charge in [-0.15, -0.1) is 16.4 Å². The quantitative estimate of drug-likeness (QED) is 0.587. The van der Waals surface area contributed by atoms with Crippen LogP contribution in [0.15, 0.2) is 48.9 Å². The van der Waals surface area contributed by atoms with Gasteiger partial charge in [-0.2, -0.15) is 0 Å². The second-order valence-electron chi connectivity index (χ2n) is 5.86. The van der Waals surface area contributed by atoms with E-state index in [0.717, 1.165) is 22.0 Å². The summed E-state index contributed by atoms with van der Waals surface area (Å²) in [5, 5.41) is 14.8. The molecule has 8 nitrogen and oxygen atoms in total. The molecular formula is C18H15N7OS. The lowest BCUT2D eigenvalue weighted by atomic mass is 10.1. The molecule has 1 aromatic carbocycles. The molecule has 0 spiro atoms. The number of aryl methyl sites for hydroxylation is 2. The Bertz CT molecular complexity index is 1090. The summed E-state index contributed by atoms with van der Waals surface area (Å²) >= 11 is 1.33. The fourth-order valence-corrected chi connectivity index (χ4v) is 3.59. The molecule has 0 unspecified atom stereocenters. The van der Waals surface area contributed by atoms with Crippen molar-refractivity contribution in [2.45, 2.75) is 13.8 Å². The predicted octanol–water partition coefficient (Wildman–Crippen LogP) is 3.05. The van der Waals surface area contributed by atoms with Crippen LogP contribution < -0.4 is 5.32 Å². The molecule has 4 rings (SSSR count). The first kappa shape index (κ1) is 17.0. The maximum absolute atomic E-state index is 12.7. The predicted molar refractivity (Wildman–Crippen MR) is 102 cm³/mol. The summed E-state index contributed by atoms with van der Waals surface area (Å²) in [6.45, 7) is 3.76. The summed E-state index contributed by atoms with van der Waals surface area (Å²) in [5.41, 5.74) is 3.92. The second-order valence-corrected chi connectivity index (χ2v) is 6.86. The molecule has 4 aromatic rings. The summed E-state index contributed by atoms with van der Waals surface area (Å²) in [6, 6.07) is 11.2. The fraction of sp³-hybridized carbons (Fsp3) is 0.111. The molecule has 1 amide bonds. The smallest absolute Gasteiger partial charge is 0.267 e. The maximum Gasteiger partial charge on any atom is 0.267 e. The third-order valence-electron chi connectivity index (χ3n) is 3.94. The minimum Gasteiger partial charge on any atom is -0.321 e. The van der Waals surface area contributed by atoms with E-state index in [2.05, 4.69) is 30.8 Å². The number of thiazole rings is 1. The van der Waals surface area contributed by atoms with Crippen LogP contribution in [-0.4, -0.2) is 36.1 Å². The van der Waals surface area contributed by atoms with Crippen molar-refractivity contribution in [3.8, 4) is 16.4 Å². The second kappa shape index (κ2) is 7.04. The largest absolute Gasteiger partial charge is 0.321 e. The van der Waals surface area contributed by atoms with Crippen molar-refractivity contribution in [2.75, 3.05) is 5.32 Å². The van der Waals surface area contributed by atoms with Crippen LogP contribution in [0.1, 0.15) is 20.9 Å². The van der Waals surface area contributed by atoms with Gasteiger partial charge in [-0.1, -0.05) is 6.07 Å². The van der Waals surface area contributed by atoms with Crippen molar-refractivity contribution < 1.29 is 4.79 Å². The average molecular weight is 377 g/mol. The van der Waals surface area contributed by atoms with Gasteiger partial charge in [0.15, 0.2) is 0 Å². The van der Waals surface area contributed by atoms with E-state index in [-0.39, 0.29) is 5.91 Å². The van der Waals surface area contributed by atoms with E-state index >= 15 is 0 Å². The van der Waals surface area contributed by atoms with Gasteiger partial charge in [0.25, 0.3) is 5.91 Å². The first-order valence-corrected chi connectivity index (χ1v) is 8.97. The van der Waals surface area contributed by atoms with Crippen molar-refractivity contribution in [3.63, 3.8) is 0 Å². The van der Waals surface area contributed by atoms with Gasteiger partial charge in [-0.25, -0.2) is 9.67 Å². The van der Waals surface area contributed by atoms with E-state index in [4.69, 9.17) is 0 Å². The number of hydrogen-bond donors (Lipinski definition) is 1. The highest BCUT2D eigenvalue weighted by Gasteiger charge is 2.17. The van der Waals surface area contributed by atoms with Crippen molar-refractivity contribution >= 4 is 22.9 Å². The summed E-state index contributed by atoms with van der Waals surface area (Å²) in [7, 11) is 0. The van der Waals surface area contributed by atoms with Crippen molar-refractivity contribution in [1.82, 2.24) is 30.2 Å². The zero-order valence-electron chi connectivity index (χ0n) is 14.6. The van der Waals surface area contributed by atoms with Gasteiger partial charge in [0.2, 0.25) is 0 Å². The number of benzene rings is 1. The van der Waals surface area contributed by atoms with Gasteiger partial charge in [-0.05, 0) is 60.2 Å². The van der Waals surface area contributed by atoms with Gasteiger partial charge < -0.3 is 5.32 Å². The minimum atomic E-state index is -0.193. The first-order valence-electron chi connectivity index (χ1n) is 8.16.